The van der Waals surface area contributed by atoms with Gasteiger partial charge in [0.05, 0.1) is 53.2 Å². The van der Waals surface area contributed by atoms with Crippen LogP contribution < -0.4 is 16.0 Å². The van der Waals surface area contributed by atoms with E-state index >= 15 is 4.39 Å². The fraction of sp³-hybridized carbons (Fsp3) is 0.217. The van der Waals surface area contributed by atoms with Crippen LogP contribution in [-0.4, -0.2) is 56.8 Å². The highest BCUT2D eigenvalue weighted by Crippen LogP contribution is 2.39. The van der Waals surface area contributed by atoms with Crippen LogP contribution >= 0.6 is 11.6 Å². The topological polar surface area (TPSA) is 168 Å². The van der Waals surface area contributed by atoms with Crippen molar-refractivity contribution in [2.45, 2.75) is 25.3 Å². The molecule has 15 heteroatoms. The number of halogens is 2. The first kappa shape index (κ1) is 23.7. The van der Waals surface area contributed by atoms with Crippen molar-refractivity contribution in [3.63, 3.8) is 0 Å². The monoisotopic (exact) mass is 535 g/mol. The zero-order valence-corrected chi connectivity index (χ0v) is 20.8. The van der Waals surface area contributed by atoms with Crippen molar-refractivity contribution >= 4 is 17.4 Å². The summed E-state index contributed by atoms with van der Waals surface area (Å²) in [5.41, 5.74) is 6.77. The van der Waals surface area contributed by atoms with Gasteiger partial charge >= 0.3 is 0 Å². The minimum Gasteiger partial charge on any atom is -0.479 e. The minimum atomic E-state index is -0.729. The molecule has 0 saturated carbocycles. The second-order valence-electron chi connectivity index (χ2n) is 8.71. The number of aromatic nitrogens is 10. The lowest BCUT2D eigenvalue weighted by molar-refractivity contribution is 0.398. The second kappa shape index (κ2) is 8.99. The summed E-state index contributed by atoms with van der Waals surface area (Å²) >= 11 is 6.08. The van der Waals surface area contributed by atoms with Crippen molar-refractivity contribution in [1.82, 2.24) is 49.7 Å². The maximum atomic E-state index is 15.3. The van der Waals surface area contributed by atoms with E-state index in [1.54, 1.807) is 16.8 Å². The molecule has 0 saturated heterocycles. The average molecular weight is 536 g/mol. The van der Waals surface area contributed by atoms with E-state index in [2.05, 4.69) is 35.5 Å². The number of ether oxygens (including phenoxy) is 1. The summed E-state index contributed by atoms with van der Waals surface area (Å²) in [6, 6.07) is 3.80. The maximum absolute atomic E-state index is 15.3. The molecule has 38 heavy (non-hydrogen) atoms. The van der Waals surface area contributed by atoms with Crippen molar-refractivity contribution in [2.24, 2.45) is 0 Å². The number of nitrogens with zero attached hydrogens (tertiary/aromatic N) is 9. The van der Waals surface area contributed by atoms with Gasteiger partial charge in [0.1, 0.15) is 23.8 Å². The van der Waals surface area contributed by atoms with Crippen LogP contribution in [0.1, 0.15) is 37.0 Å². The molecule has 5 aromatic rings. The standard InChI is InChI=1S/C23H19ClFN11O2/c1-10-5-15(21-28-7-13(30-21)20-23(38-2)32-16(26)8-27-20)36-17(37)6-12(31-22(10)36)18-14(35-9-29-33-34-35)4-3-11(24)19(18)25/h3-4,6-10,15H,5H2,1-2H3,(H2,26,32)(H,28,30)/t10-,15-/m0/s1. The predicted octanol–water partition coefficient (Wildman–Crippen LogP) is 2.55. The van der Waals surface area contributed by atoms with Crippen LogP contribution in [0.15, 0.2) is 41.7 Å². The number of aromatic amines is 1. The molecule has 4 aromatic heterocycles. The molecule has 6 rings (SSSR count). The molecule has 192 valence electrons. The van der Waals surface area contributed by atoms with Crippen LogP contribution in [0.2, 0.25) is 5.02 Å². The molecule has 1 aliphatic heterocycles. The molecule has 0 radical (unpaired) electrons. The zero-order chi connectivity index (χ0) is 26.6. The Morgan fingerprint density at radius 3 is 2.84 bits per heavy atom. The molecule has 3 N–H and O–H groups in total. The second-order valence-corrected chi connectivity index (χ2v) is 9.11. The SMILES string of the molecule is COc1nc(N)cnc1-c1cnc([C@@H]2C[C@H](C)c3nc(-c4c(-n5cnnn5)ccc(Cl)c4F)cc(=O)n32)[nH]1. The van der Waals surface area contributed by atoms with E-state index in [4.69, 9.17) is 27.1 Å². The van der Waals surface area contributed by atoms with Crippen molar-refractivity contribution in [3.05, 3.63) is 69.8 Å². The van der Waals surface area contributed by atoms with Crippen LogP contribution in [-0.2, 0) is 0 Å². The normalized spacial score (nSPS) is 16.5. The van der Waals surface area contributed by atoms with E-state index in [1.807, 2.05) is 6.92 Å². The van der Waals surface area contributed by atoms with E-state index in [1.165, 1.54) is 36.4 Å². The summed E-state index contributed by atoms with van der Waals surface area (Å²) in [6.07, 6.45) is 4.87. The number of benzene rings is 1. The number of H-pyrrole nitrogens is 1. The first-order chi connectivity index (χ1) is 18.4. The van der Waals surface area contributed by atoms with Crippen molar-refractivity contribution in [1.29, 1.82) is 0 Å². The van der Waals surface area contributed by atoms with E-state index in [9.17, 15) is 4.79 Å². The smallest absolute Gasteiger partial charge is 0.254 e. The summed E-state index contributed by atoms with van der Waals surface area (Å²) in [6.45, 7) is 1.94. The van der Waals surface area contributed by atoms with Gasteiger partial charge in [-0.3, -0.25) is 9.36 Å². The Hall–Kier alpha value is -4.72. The number of fused-ring (bicyclic) bond motifs is 1. The van der Waals surface area contributed by atoms with Crippen LogP contribution in [0, 0.1) is 5.82 Å². The van der Waals surface area contributed by atoms with E-state index in [-0.39, 0.29) is 39.5 Å². The van der Waals surface area contributed by atoms with Crippen LogP contribution in [0.3, 0.4) is 0 Å². The first-order valence-electron chi connectivity index (χ1n) is 11.4. The van der Waals surface area contributed by atoms with Gasteiger partial charge in [-0.05, 0) is 29.0 Å². The fourth-order valence-electron chi connectivity index (χ4n) is 4.66. The molecular formula is C23H19ClFN11O2. The highest BCUT2D eigenvalue weighted by molar-refractivity contribution is 6.31. The van der Waals surface area contributed by atoms with E-state index in [0.717, 1.165) is 0 Å². The van der Waals surface area contributed by atoms with Gasteiger partial charge in [0.25, 0.3) is 5.56 Å². The number of rotatable bonds is 5. The Labute approximate surface area is 218 Å². The molecular weight excluding hydrogens is 517 g/mol. The minimum absolute atomic E-state index is 0.0234. The van der Waals surface area contributed by atoms with Gasteiger partial charge < -0.3 is 15.5 Å². The highest BCUT2D eigenvalue weighted by Gasteiger charge is 2.34. The number of hydrogen-bond donors (Lipinski definition) is 2. The number of nitrogens with one attached hydrogen (secondary N) is 1. The number of imidazole rings is 1. The molecule has 13 nitrogen and oxygen atoms in total. The summed E-state index contributed by atoms with van der Waals surface area (Å²) < 4.78 is 23.4. The molecule has 0 aliphatic carbocycles. The Morgan fingerprint density at radius 2 is 2.08 bits per heavy atom. The van der Waals surface area contributed by atoms with Gasteiger partial charge in [0, 0.05) is 12.0 Å². The number of hydrogen-bond acceptors (Lipinski definition) is 10. The lowest BCUT2D eigenvalue weighted by Gasteiger charge is -2.15. The third-order valence-corrected chi connectivity index (χ3v) is 6.64. The molecule has 0 spiro atoms. The zero-order valence-electron chi connectivity index (χ0n) is 20.0. The largest absolute Gasteiger partial charge is 0.479 e. The Bertz CT molecular complexity index is 1730. The summed E-state index contributed by atoms with van der Waals surface area (Å²) in [5, 5.41) is 11.0. The van der Waals surface area contributed by atoms with Gasteiger partial charge in [-0.15, -0.1) is 5.10 Å². The summed E-state index contributed by atoms with van der Waals surface area (Å²) in [4.78, 5) is 34.3. The fourth-order valence-corrected chi connectivity index (χ4v) is 4.82. The van der Waals surface area contributed by atoms with Crippen molar-refractivity contribution in [3.8, 4) is 34.2 Å². The van der Waals surface area contributed by atoms with Gasteiger partial charge in [-0.1, -0.05) is 18.5 Å². The van der Waals surface area contributed by atoms with Gasteiger partial charge in [0.15, 0.2) is 11.5 Å². The Balaban J connectivity index is 1.44. The molecule has 0 amide bonds. The number of nitrogen functional groups attached to an aromatic ring is 1. The Morgan fingerprint density at radius 1 is 1.24 bits per heavy atom. The molecule has 0 bridgehead atoms. The predicted molar refractivity (Wildman–Crippen MR) is 133 cm³/mol. The maximum Gasteiger partial charge on any atom is 0.254 e. The summed E-state index contributed by atoms with van der Waals surface area (Å²) in [5.74, 6) is 0.620. The number of nitrogens with two attached hydrogens (primary N) is 1. The molecule has 0 fully saturated rings. The van der Waals surface area contributed by atoms with Gasteiger partial charge in [-0.2, -0.15) is 9.67 Å². The third-order valence-electron chi connectivity index (χ3n) is 6.35. The number of methoxy groups -OCH3 is 1. The van der Waals surface area contributed by atoms with Crippen LogP contribution in [0.25, 0.3) is 28.3 Å². The van der Waals surface area contributed by atoms with E-state index in [0.29, 0.717) is 35.1 Å². The number of anilines is 1. The molecule has 5 heterocycles. The van der Waals surface area contributed by atoms with Crippen LogP contribution in [0.5, 0.6) is 5.88 Å². The lowest BCUT2D eigenvalue weighted by Crippen LogP contribution is -2.25. The van der Waals surface area contributed by atoms with Gasteiger partial charge in [-0.25, -0.2) is 19.3 Å². The van der Waals surface area contributed by atoms with Crippen molar-refractivity contribution in [2.75, 3.05) is 12.8 Å². The highest BCUT2D eigenvalue weighted by atomic mass is 35.5. The molecule has 1 aliphatic rings. The van der Waals surface area contributed by atoms with Gasteiger partial charge in [0.2, 0.25) is 5.88 Å². The first-order valence-corrected chi connectivity index (χ1v) is 11.8. The lowest BCUT2D eigenvalue weighted by atomic mass is 10.1. The molecule has 1 aromatic carbocycles. The Kier molecular flexibility index (Phi) is 5.60. The quantitative estimate of drug-likeness (QED) is 0.341. The van der Waals surface area contributed by atoms with Crippen LogP contribution in [0.4, 0.5) is 10.2 Å². The summed E-state index contributed by atoms with van der Waals surface area (Å²) in [7, 11) is 1.47. The molecule has 2 atom stereocenters. The average Bonchev–Trinajstić information content (AvgIpc) is 3.66. The van der Waals surface area contributed by atoms with Crippen molar-refractivity contribution < 1.29 is 9.13 Å². The third kappa shape index (κ3) is 3.76. The number of tetrazole rings is 1. The molecule has 0 unspecified atom stereocenters. The van der Waals surface area contributed by atoms with E-state index < -0.39 is 11.9 Å².